The third kappa shape index (κ3) is 5.57. The Labute approximate surface area is 240 Å². The van der Waals surface area contributed by atoms with Gasteiger partial charge >= 0.3 is 6.09 Å². The number of rotatable bonds is 4. The number of nitrogens with zero attached hydrogens (tertiary/aromatic N) is 7. The first-order chi connectivity index (χ1) is 19.7. The number of piperazine rings is 1. The van der Waals surface area contributed by atoms with E-state index in [4.69, 9.17) is 20.4 Å². The quantitative estimate of drug-likeness (QED) is 0.480. The van der Waals surface area contributed by atoms with Crippen LogP contribution in [0.15, 0.2) is 42.7 Å². The van der Waals surface area contributed by atoms with E-state index >= 15 is 0 Å². The summed E-state index contributed by atoms with van der Waals surface area (Å²) in [6.45, 7) is 8.58. The van der Waals surface area contributed by atoms with E-state index in [0.717, 1.165) is 56.0 Å². The van der Waals surface area contributed by atoms with E-state index in [9.17, 15) is 9.90 Å². The first-order valence-corrected chi connectivity index (χ1v) is 14.4. The first-order valence-electron chi connectivity index (χ1n) is 14.4. The van der Waals surface area contributed by atoms with Gasteiger partial charge in [0, 0.05) is 56.2 Å². The van der Waals surface area contributed by atoms with Crippen molar-refractivity contribution in [2.24, 2.45) is 0 Å². The largest absolute Gasteiger partial charge is 0.507 e. The highest BCUT2D eigenvalue weighted by Gasteiger charge is 2.42. The summed E-state index contributed by atoms with van der Waals surface area (Å²) in [5, 5.41) is 18.8. The molecule has 3 saturated heterocycles. The number of hydrogen-bond acceptors (Lipinski definition) is 10. The monoisotopic (exact) mass is 558 g/mol. The number of para-hydroxylation sites is 1. The molecule has 5 heterocycles. The van der Waals surface area contributed by atoms with Gasteiger partial charge in [-0.3, -0.25) is 0 Å². The number of phenolic OH excluding ortho intramolecular Hbond substituents is 1. The van der Waals surface area contributed by atoms with E-state index in [0.29, 0.717) is 36.1 Å². The molecule has 0 radical (unpaired) electrons. The minimum absolute atomic E-state index is 0.164. The zero-order valence-electron chi connectivity index (χ0n) is 23.9. The Hall–Kier alpha value is -4.15. The van der Waals surface area contributed by atoms with Crippen LogP contribution in [-0.4, -0.2) is 80.1 Å². The molecule has 0 spiro atoms. The molecule has 6 rings (SSSR count). The lowest BCUT2D eigenvalue weighted by atomic mass is 9.91. The highest BCUT2D eigenvalue weighted by Crippen LogP contribution is 2.38. The lowest BCUT2D eigenvalue weighted by Gasteiger charge is -2.42. The minimum atomic E-state index is -0.487. The van der Waals surface area contributed by atoms with Crippen LogP contribution < -0.4 is 15.5 Å². The average Bonchev–Trinajstić information content (AvgIpc) is 3.22. The number of nitrogens with two attached hydrogens (primary N) is 1. The number of aromatic nitrogens is 4. The van der Waals surface area contributed by atoms with Gasteiger partial charge in [-0.25, -0.2) is 14.8 Å². The Balaban J connectivity index is 1.11. The predicted molar refractivity (Wildman–Crippen MR) is 157 cm³/mol. The number of aromatic hydroxyl groups is 1. The Kier molecular flexibility index (Phi) is 7.04. The summed E-state index contributed by atoms with van der Waals surface area (Å²) in [7, 11) is 0. The highest BCUT2D eigenvalue weighted by molar-refractivity contribution is 5.74. The van der Waals surface area contributed by atoms with Crippen LogP contribution >= 0.6 is 0 Å². The van der Waals surface area contributed by atoms with Crippen LogP contribution in [0.1, 0.15) is 57.9 Å². The second-order valence-corrected chi connectivity index (χ2v) is 12.3. The second kappa shape index (κ2) is 10.7. The molecule has 3 aliphatic rings. The molecule has 3 aromatic rings. The molecule has 0 unspecified atom stereocenters. The summed E-state index contributed by atoms with van der Waals surface area (Å²) in [5.41, 5.74) is 8.99. The van der Waals surface area contributed by atoms with Crippen molar-refractivity contribution in [3.8, 4) is 17.0 Å². The number of carbonyl (C=O) groups excluding carboxylic acids is 1. The first kappa shape index (κ1) is 27.0. The fraction of sp³-hybridized carbons (Fsp3) is 0.500. The molecule has 11 nitrogen and oxygen atoms in total. The molecule has 3 N–H and O–H groups in total. The van der Waals surface area contributed by atoms with Gasteiger partial charge in [0.25, 0.3) is 0 Å². The van der Waals surface area contributed by atoms with E-state index in [1.807, 2.05) is 51.4 Å². The van der Waals surface area contributed by atoms with Gasteiger partial charge in [0.05, 0.1) is 11.4 Å². The Morgan fingerprint density at radius 1 is 1.00 bits per heavy atom. The van der Waals surface area contributed by atoms with Crippen LogP contribution in [0, 0.1) is 0 Å². The Bertz CT molecular complexity index is 1390. The molecule has 1 amide bonds. The number of anilines is 3. The van der Waals surface area contributed by atoms with Crippen molar-refractivity contribution in [1.29, 1.82) is 0 Å². The van der Waals surface area contributed by atoms with Gasteiger partial charge in [-0.05, 0) is 76.1 Å². The standard InChI is InChI=1S/C30H38N8O3/c1-30(2,3)41-29(40)36-12-10-19(11-13-36)20-15-32-28(33-16-20)38-21-8-9-22(38)18-37(17-21)25-14-24(34-35-27(25)31)23-6-4-5-7-26(23)39/h4-7,14-16,19,21-22,39H,8-13,17-18H2,1-3H3,(H2,31,35)/t21-,22+. The van der Waals surface area contributed by atoms with Gasteiger partial charge in [-0.1, -0.05) is 12.1 Å². The molecular formula is C30H38N8O3. The molecule has 0 saturated carbocycles. The fourth-order valence-corrected chi connectivity index (χ4v) is 6.29. The molecule has 41 heavy (non-hydrogen) atoms. The number of piperidine rings is 1. The van der Waals surface area contributed by atoms with Crippen LogP contribution in [0.3, 0.4) is 0 Å². The lowest BCUT2D eigenvalue weighted by molar-refractivity contribution is 0.0204. The number of likely N-dealkylation sites (tertiary alicyclic amines) is 1. The van der Waals surface area contributed by atoms with Crippen molar-refractivity contribution >= 4 is 23.5 Å². The average molecular weight is 559 g/mol. The van der Waals surface area contributed by atoms with Crippen molar-refractivity contribution in [1.82, 2.24) is 25.1 Å². The third-order valence-electron chi connectivity index (χ3n) is 8.31. The summed E-state index contributed by atoms with van der Waals surface area (Å²) in [6, 6.07) is 9.56. The normalized spacial score (nSPS) is 21.3. The number of phenols is 1. The molecular weight excluding hydrogens is 520 g/mol. The summed E-state index contributed by atoms with van der Waals surface area (Å²) in [4.78, 5) is 28.5. The molecule has 3 fully saturated rings. The van der Waals surface area contributed by atoms with Crippen molar-refractivity contribution in [3.05, 3.63) is 48.3 Å². The van der Waals surface area contributed by atoms with Crippen LogP contribution in [0.2, 0.25) is 0 Å². The zero-order valence-corrected chi connectivity index (χ0v) is 23.9. The molecule has 2 atom stereocenters. The number of amides is 1. The summed E-state index contributed by atoms with van der Waals surface area (Å²) in [6.07, 6.45) is 7.54. The number of benzene rings is 1. The van der Waals surface area contributed by atoms with Crippen LogP contribution in [-0.2, 0) is 4.74 Å². The molecule has 3 aliphatic heterocycles. The number of carbonyl (C=O) groups is 1. The van der Waals surface area contributed by atoms with E-state index in [1.54, 1.807) is 17.0 Å². The SMILES string of the molecule is CC(C)(C)OC(=O)N1CCC(c2cnc(N3[C@@H]4CC[C@H]3CN(c3cc(-c5ccccc5O)nnc3N)C4)nc2)CC1. The summed E-state index contributed by atoms with van der Waals surface area (Å²) in [5.74, 6) is 1.64. The smallest absolute Gasteiger partial charge is 0.410 e. The van der Waals surface area contributed by atoms with Gasteiger partial charge in [-0.2, -0.15) is 0 Å². The maximum atomic E-state index is 12.4. The van der Waals surface area contributed by atoms with Gasteiger partial charge in [0.1, 0.15) is 11.4 Å². The predicted octanol–water partition coefficient (Wildman–Crippen LogP) is 4.19. The van der Waals surface area contributed by atoms with Gasteiger partial charge < -0.3 is 30.3 Å². The van der Waals surface area contributed by atoms with Crippen molar-refractivity contribution in [2.75, 3.05) is 41.7 Å². The van der Waals surface area contributed by atoms with E-state index in [-0.39, 0.29) is 23.9 Å². The molecule has 2 bridgehead atoms. The van der Waals surface area contributed by atoms with Crippen LogP contribution in [0.5, 0.6) is 5.75 Å². The Morgan fingerprint density at radius 3 is 2.29 bits per heavy atom. The van der Waals surface area contributed by atoms with Crippen LogP contribution in [0.4, 0.5) is 22.2 Å². The summed E-state index contributed by atoms with van der Waals surface area (Å²) >= 11 is 0. The fourth-order valence-electron chi connectivity index (χ4n) is 6.29. The van der Waals surface area contributed by atoms with Crippen molar-refractivity contribution in [2.45, 2.75) is 70.1 Å². The van der Waals surface area contributed by atoms with Gasteiger partial charge in [-0.15, -0.1) is 10.2 Å². The second-order valence-electron chi connectivity index (χ2n) is 12.3. The maximum absolute atomic E-state index is 12.4. The van der Waals surface area contributed by atoms with E-state index in [1.165, 1.54) is 0 Å². The van der Waals surface area contributed by atoms with Gasteiger partial charge in [0.2, 0.25) is 5.95 Å². The molecule has 2 aromatic heterocycles. The van der Waals surface area contributed by atoms with Crippen molar-refractivity contribution < 1.29 is 14.6 Å². The number of hydrogen-bond donors (Lipinski definition) is 2. The number of ether oxygens (including phenoxy) is 1. The molecule has 1 aromatic carbocycles. The zero-order chi connectivity index (χ0) is 28.7. The van der Waals surface area contributed by atoms with Gasteiger partial charge in [0.15, 0.2) is 5.82 Å². The topological polar surface area (TPSA) is 134 Å². The molecule has 11 heteroatoms. The minimum Gasteiger partial charge on any atom is -0.507 e. The molecule has 216 valence electrons. The highest BCUT2D eigenvalue weighted by atomic mass is 16.6. The Morgan fingerprint density at radius 2 is 1.66 bits per heavy atom. The maximum Gasteiger partial charge on any atom is 0.410 e. The van der Waals surface area contributed by atoms with Crippen molar-refractivity contribution in [3.63, 3.8) is 0 Å². The molecule has 0 aliphatic carbocycles. The number of nitrogen functional groups attached to an aromatic ring is 1. The lowest BCUT2D eigenvalue weighted by Crippen LogP contribution is -2.54. The summed E-state index contributed by atoms with van der Waals surface area (Å²) < 4.78 is 5.53. The van der Waals surface area contributed by atoms with E-state index in [2.05, 4.69) is 20.0 Å². The van der Waals surface area contributed by atoms with Crippen LogP contribution in [0.25, 0.3) is 11.3 Å². The van der Waals surface area contributed by atoms with E-state index < -0.39 is 5.60 Å². The third-order valence-corrected chi connectivity index (χ3v) is 8.31. The number of fused-ring (bicyclic) bond motifs is 2.